The quantitative estimate of drug-likeness (QED) is 0.690. The van der Waals surface area contributed by atoms with Crippen LogP contribution in [0.1, 0.15) is 31.4 Å². The lowest BCUT2D eigenvalue weighted by Crippen LogP contribution is -2.37. The van der Waals surface area contributed by atoms with E-state index in [1.807, 2.05) is 62.4 Å². The van der Waals surface area contributed by atoms with Crippen molar-refractivity contribution in [1.29, 1.82) is 0 Å². The van der Waals surface area contributed by atoms with Gasteiger partial charge in [-0.1, -0.05) is 49.7 Å². The van der Waals surface area contributed by atoms with E-state index in [0.29, 0.717) is 30.5 Å². The monoisotopic (exact) mass is 361 g/mol. The van der Waals surface area contributed by atoms with E-state index in [4.69, 9.17) is 16.3 Å². The van der Waals surface area contributed by atoms with Gasteiger partial charge in [-0.05, 0) is 47.7 Å². The lowest BCUT2D eigenvalue weighted by atomic mass is 10.0. The number of carboxylic acid groups (broad SMARTS) is 1. The molecule has 0 heterocycles. The molecule has 0 bridgehead atoms. The van der Waals surface area contributed by atoms with Crippen molar-refractivity contribution in [3.63, 3.8) is 0 Å². The van der Waals surface area contributed by atoms with Crippen LogP contribution in [0.4, 0.5) is 0 Å². The average molecular weight is 362 g/mol. The predicted molar refractivity (Wildman–Crippen MR) is 99.9 cm³/mol. The summed E-state index contributed by atoms with van der Waals surface area (Å²) in [6.45, 7) is 4.98. The summed E-state index contributed by atoms with van der Waals surface area (Å²) in [6.07, 6.45) is 0.599. The first kappa shape index (κ1) is 19.3. The molecular weight excluding hydrogens is 338 g/mol. The average Bonchev–Trinajstić information content (AvgIpc) is 2.58. The van der Waals surface area contributed by atoms with Gasteiger partial charge in [0.05, 0.1) is 0 Å². The van der Waals surface area contributed by atoms with E-state index in [0.717, 1.165) is 16.9 Å². The summed E-state index contributed by atoms with van der Waals surface area (Å²) in [5.41, 5.74) is 2.03. The highest BCUT2D eigenvalue weighted by molar-refractivity contribution is 6.30. The molecule has 0 aliphatic rings. The molecule has 0 saturated carbocycles. The van der Waals surface area contributed by atoms with Gasteiger partial charge in [-0.2, -0.15) is 0 Å². The minimum atomic E-state index is -0.816. The summed E-state index contributed by atoms with van der Waals surface area (Å²) in [5, 5.41) is 13.1. The molecule has 134 valence electrons. The molecule has 0 fully saturated rings. The van der Waals surface area contributed by atoms with Gasteiger partial charge in [0.25, 0.3) is 0 Å². The van der Waals surface area contributed by atoms with Crippen molar-refractivity contribution in [3.8, 4) is 5.75 Å². The highest BCUT2D eigenvalue weighted by Crippen LogP contribution is 2.17. The molecule has 2 aromatic rings. The molecule has 5 heteroatoms. The van der Waals surface area contributed by atoms with E-state index in [1.165, 1.54) is 0 Å². The van der Waals surface area contributed by atoms with E-state index >= 15 is 0 Å². The van der Waals surface area contributed by atoms with Crippen LogP contribution in [0, 0.1) is 5.92 Å². The minimum Gasteiger partial charge on any atom is -0.489 e. The van der Waals surface area contributed by atoms with E-state index in [9.17, 15) is 9.90 Å². The van der Waals surface area contributed by atoms with Crippen LogP contribution in [-0.4, -0.2) is 17.1 Å². The summed E-state index contributed by atoms with van der Waals surface area (Å²) in [7, 11) is 0. The molecule has 1 atom stereocenters. The predicted octanol–water partition coefficient (Wildman–Crippen LogP) is 4.51. The zero-order chi connectivity index (χ0) is 18.2. The van der Waals surface area contributed by atoms with E-state index in [2.05, 4.69) is 5.32 Å². The lowest BCUT2D eigenvalue weighted by molar-refractivity contribution is -0.140. The molecule has 0 radical (unpaired) electrons. The third-order valence-corrected chi connectivity index (χ3v) is 4.03. The number of hydrogen-bond acceptors (Lipinski definition) is 3. The molecule has 0 amide bonds. The third kappa shape index (κ3) is 6.77. The Morgan fingerprint density at radius 3 is 2.52 bits per heavy atom. The summed E-state index contributed by atoms with van der Waals surface area (Å²) in [6, 6.07) is 14.7. The summed E-state index contributed by atoms with van der Waals surface area (Å²) >= 11 is 5.87. The Bertz CT molecular complexity index is 686. The highest BCUT2D eigenvalue weighted by Gasteiger charge is 2.17. The second kappa shape index (κ2) is 9.44. The molecule has 1 unspecified atom stereocenters. The maximum absolute atomic E-state index is 11.3. The lowest BCUT2D eigenvalue weighted by Gasteiger charge is -2.16. The number of benzene rings is 2. The van der Waals surface area contributed by atoms with Crippen LogP contribution >= 0.6 is 11.6 Å². The molecule has 0 aliphatic carbocycles. The van der Waals surface area contributed by atoms with Gasteiger partial charge in [-0.25, -0.2) is 0 Å². The normalized spacial score (nSPS) is 12.2. The number of rotatable bonds is 9. The Hall–Kier alpha value is -2.04. The van der Waals surface area contributed by atoms with Gasteiger partial charge in [0.1, 0.15) is 18.4 Å². The summed E-state index contributed by atoms with van der Waals surface area (Å²) in [5.74, 6) is 0.261. The van der Waals surface area contributed by atoms with E-state index in [-0.39, 0.29) is 0 Å². The molecule has 0 saturated heterocycles. The molecule has 25 heavy (non-hydrogen) atoms. The summed E-state index contributed by atoms with van der Waals surface area (Å²) < 4.78 is 5.80. The number of hydrogen-bond donors (Lipinski definition) is 2. The Balaban J connectivity index is 1.91. The first-order chi connectivity index (χ1) is 11.9. The smallest absolute Gasteiger partial charge is 0.320 e. The second-order valence-corrected chi connectivity index (χ2v) is 6.90. The van der Waals surface area contributed by atoms with Crippen LogP contribution in [-0.2, 0) is 17.9 Å². The zero-order valence-corrected chi connectivity index (χ0v) is 15.3. The summed E-state index contributed by atoms with van der Waals surface area (Å²) in [4.78, 5) is 11.3. The van der Waals surface area contributed by atoms with Crippen molar-refractivity contribution in [2.24, 2.45) is 5.92 Å². The largest absolute Gasteiger partial charge is 0.489 e. The molecule has 0 aromatic heterocycles. The standard InChI is InChI=1S/C20H24ClNO3/c1-14(2)10-19(20(23)24)22-12-16-4-3-5-18(11-16)25-13-15-6-8-17(21)9-7-15/h3-9,11,14,19,22H,10,12-13H2,1-2H3,(H,23,24). The fraction of sp³-hybridized carbons (Fsp3) is 0.350. The molecule has 2 N–H and O–H groups in total. The van der Waals surface area contributed by atoms with Crippen molar-refractivity contribution in [2.45, 2.75) is 39.5 Å². The SMILES string of the molecule is CC(C)CC(NCc1cccc(OCc2ccc(Cl)cc2)c1)C(=O)O. The fourth-order valence-electron chi connectivity index (χ4n) is 2.48. The van der Waals surface area contributed by atoms with Crippen LogP contribution in [0.15, 0.2) is 48.5 Å². The van der Waals surface area contributed by atoms with Crippen LogP contribution in [0.25, 0.3) is 0 Å². The van der Waals surface area contributed by atoms with Gasteiger partial charge in [0, 0.05) is 11.6 Å². The number of ether oxygens (including phenoxy) is 1. The van der Waals surface area contributed by atoms with Gasteiger partial charge in [-0.3, -0.25) is 4.79 Å². The van der Waals surface area contributed by atoms with Gasteiger partial charge >= 0.3 is 5.97 Å². The Labute approximate surface area is 153 Å². The van der Waals surface area contributed by atoms with Crippen LogP contribution in [0.3, 0.4) is 0 Å². The van der Waals surface area contributed by atoms with Gasteiger partial charge in [0.15, 0.2) is 0 Å². The van der Waals surface area contributed by atoms with Gasteiger partial charge in [0.2, 0.25) is 0 Å². The topological polar surface area (TPSA) is 58.6 Å². The van der Waals surface area contributed by atoms with Crippen LogP contribution < -0.4 is 10.1 Å². The number of carbonyl (C=O) groups is 1. The van der Waals surface area contributed by atoms with Gasteiger partial charge < -0.3 is 15.2 Å². The maximum atomic E-state index is 11.3. The Morgan fingerprint density at radius 1 is 1.16 bits per heavy atom. The maximum Gasteiger partial charge on any atom is 0.320 e. The number of nitrogens with one attached hydrogen (secondary N) is 1. The molecule has 2 aromatic carbocycles. The van der Waals surface area contributed by atoms with Gasteiger partial charge in [-0.15, -0.1) is 0 Å². The Morgan fingerprint density at radius 2 is 1.88 bits per heavy atom. The molecule has 2 rings (SSSR count). The number of aliphatic carboxylic acids is 1. The number of carboxylic acids is 1. The van der Waals surface area contributed by atoms with E-state index in [1.54, 1.807) is 0 Å². The highest BCUT2D eigenvalue weighted by atomic mass is 35.5. The molecule has 0 aliphatic heterocycles. The zero-order valence-electron chi connectivity index (χ0n) is 14.5. The van der Waals surface area contributed by atoms with Crippen molar-refractivity contribution in [2.75, 3.05) is 0 Å². The van der Waals surface area contributed by atoms with Crippen molar-refractivity contribution >= 4 is 17.6 Å². The minimum absolute atomic E-state index is 0.322. The molecular formula is C20H24ClNO3. The van der Waals surface area contributed by atoms with Crippen molar-refractivity contribution < 1.29 is 14.6 Å². The first-order valence-electron chi connectivity index (χ1n) is 8.36. The first-order valence-corrected chi connectivity index (χ1v) is 8.74. The molecule has 0 spiro atoms. The second-order valence-electron chi connectivity index (χ2n) is 6.46. The number of halogens is 1. The van der Waals surface area contributed by atoms with E-state index < -0.39 is 12.0 Å². The van der Waals surface area contributed by atoms with Crippen molar-refractivity contribution in [3.05, 3.63) is 64.7 Å². The molecule has 4 nitrogen and oxygen atoms in total. The Kier molecular flexibility index (Phi) is 7.29. The van der Waals surface area contributed by atoms with Crippen molar-refractivity contribution in [1.82, 2.24) is 5.32 Å². The van der Waals surface area contributed by atoms with Crippen LogP contribution in [0.2, 0.25) is 5.02 Å². The van der Waals surface area contributed by atoms with Crippen LogP contribution in [0.5, 0.6) is 5.75 Å². The fourth-order valence-corrected chi connectivity index (χ4v) is 2.60. The third-order valence-electron chi connectivity index (χ3n) is 3.77.